The van der Waals surface area contributed by atoms with E-state index >= 15 is 0 Å². The number of nitrogens with two attached hydrogens (primary N) is 2. The summed E-state index contributed by atoms with van der Waals surface area (Å²) in [7, 11) is 3.28. The van der Waals surface area contributed by atoms with Crippen molar-refractivity contribution in [3.8, 4) is 0 Å². The van der Waals surface area contributed by atoms with Crippen LogP contribution in [0.15, 0.2) is 97.6 Å². The van der Waals surface area contributed by atoms with E-state index in [1.807, 2.05) is 12.1 Å². The Morgan fingerprint density at radius 3 is 1.30 bits per heavy atom. The van der Waals surface area contributed by atoms with Crippen LogP contribution in [0.5, 0.6) is 0 Å². The molecule has 0 bridgehead atoms. The third-order valence-corrected chi connectivity index (χ3v) is 6.51. The van der Waals surface area contributed by atoms with E-state index in [4.69, 9.17) is 25.9 Å². The molecule has 5 heterocycles. The molecular formula is C30H32N6O7. The van der Waals surface area contributed by atoms with E-state index in [1.165, 1.54) is 9.35 Å². The normalized spacial score (nSPS) is 18.2. The molecule has 7 rings (SSSR count). The van der Waals surface area contributed by atoms with Crippen LogP contribution in [0, 0.1) is 0 Å². The average molecular weight is 589 g/mol. The van der Waals surface area contributed by atoms with Gasteiger partial charge in [-0.2, -0.15) is 5.01 Å². The number of methoxy groups -OCH3 is 2. The highest BCUT2D eigenvalue weighted by atomic mass is 16.8. The molecule has 4 aromatic rings. The fourth-order valence-corrected chi connectivity index (χ4v) is 4.33. The Hall–Kier alpha value is -5.08. The molecule has 224 valence electrons. The number of hydrazine groups is 1. The molecule has 0 aliphatic carbocycles. The van der Waals surface area contributed by atoms with Gasteiger partial charge in [0.2, 0.25) is 0 Å². The van der Waals surface area contributed by atoms with Crippen molar-refractivity contribution in [2.75, 3.05) is 25.1 Å². The highest BCUT2D eigenvalue weighted by Crippen LogP contribution is 2.22. The van der Waals surface area contributed by atoms with Crippen LogP contribution >= 0.6 is 0 Å². The largest absolute Gasteiger partial charge is 0.356 e. The van der Waals surface area contributed by atoms with Gasteiger partial charge in [-0.05, 0) is 48.5 Å². The Bertz CT molecular complexity index is 1470. The molecule has 3 aliphatic rings. The van der Waals surface area contributed by atoms with E-state index in [1.54, 1.807) is 99.7 Å². The first-order chi connectivity index (χ1) is 20.8. The lowest BCUT2D eigenvalue weighted by atomic mass is 10.1. The smallest absolute Gasteiger partial charge is 0.281 e. The molecule has 4 N–H and O–H groups in total. The summed E-state index contributed by atoms with van der Waals surface area (Å²) in [5.74, 6) is 8.97. The van der Waals surface area contributed by atoms with Gasteiger partial charge in [0.15, 0.2) is 12.6 Å². The number of hydrogen-bond donors (Lipinski definition) is 2. The fourth-order valence-electron chi connectivity index (χ4n) is 4.33. The molecule has 3 aliphatic heterocycles. The lowest BCUT2D eigenvalue weighted by Gasteiger charge is -2.14. The number of benzene rings is 2. The Labute approximate surface area is 247 Å². The summed E-state index contributed by atoms with van der Waals surface area (Å²) in [5.41, 5.74) is 1.68. The van der Waals surface area contributed by atoms with E-state index in [0.29, 0.717) is 27.3 Å². The van der Waals surface area contributed by atoms with Crippen LogP contribution < -0.4 is 16.7 Å². The van der Waals surface area contributed by atoms with Gasteiger partial charge in [0.05, 0.1) is 22.3 Å². The Morgan fingerprint density at radius 1 is 0.605 bits per heavy atom. The Balaban J connectivity index is 0.000000139. The van der Waals surface area contributed by atoms with Crippen LogP contribution in [-0.4, -0.2) is 64.8 Å². The molecule has 2 unspecified atom stereocenters. The van der Waals surface area contributed by atoms with E-state index < -0.39 is 11.8 Å². The van der Waals surface area contributed by atoms with Gasteiger partial charge < -0.3 is 20.1 Å². The second-order valence-electron chi connectivity index (χ2n) is 9.23. The molecular weight excluding hydrogens is 556 g/mol. The van der Waals surface area contributed by atoms with Crippen molar-refractivity contribution in [1.29, 1.82) is 0 Å². The van der Waals surface area contributed by atoms with Gasteiger partial charge >= 0.3 is 0 Å². The second-order valence-corrected chi connectivity index (χ2v) is 9.23. The number of imide groups is 2. The third kappa shape index (κ3) is 7.05. The number of nitrogen functional groups attached to an aromatic ring is 1. The molecule has 4 amide bonds. The van der Waals surface area contributed by atoms with Crippen molar-refractivity contribution in [1.82, 2.24) is 14.4 Å². The van der Waals surface area contributed by atoms with Crippen molar-refractivity contribution in [2.24, 2.45) is 5.84 Å². The highest BCUT2D eigenvalue weighted by Gasteiger charge is 2.36. The van der Waals surface area contributed by atoms with Crippen LogP contribution in [0.25, 0.3) is 0 Å². The summed E-state index contributed by atoms with van der Waals surface area (Å²) in [6.45, 7) is 0. The maximum atomic E-state index is 12.0. The third-order valence-electron chi connectivity index (χ3n) is 6.51. The van der Waals surface area contributed by atoms with Crippen molar-refractivity contribution in [3.05, 3.63) is 120 Å². The lowest BCUT2D eigenvalue weighted by Crippen LogP contribution is -2.38. The maximum Gasteiger partial charge on any atom is 0.281 e. The average Bonchev–Trinajstić information content (AvgIpc) is 3.88. The highest BCUT2D eigenvalue weighted by molar-refractivity contribution is 6.30. The number of hydrogen-bond acceptors (Lipinski definition) is 9. The number of aromatic nitrogens is 2. The van der Waals surface area contributed by atoms with Gasteiger partial charge in [-0.25, -0.2) is 10.9 Å². The van der Waals surface area contributed by atoms with Gasteiger partial charge in [-0.1, -0.05) is 24.3 Å². The predicted octanol–water partition coefficient (Wildman–Crippen LogP) is 2.52. The van der Waals surface area contributed by atoms with E-state index in [2.05, 4.69) is 0 Å². The molecule has 1 saturated heterocycles. The zero-order chi connectivity index (χ0) is 30.9. The number of carbonyl (C=O) groups is 4. The van der Waals surface area contributed by atoms with Gasteiger partial charge in [-0.15, -0.1) is 0 Å². The number of carbonyl (C=O) groups excluding carboxylic acids is 4. The van der Waals surface area contributed by atoms with E-state index in [0.717, 1.165) is 17.9 Å². The first kappa shape index (κ1) is 30.9. The molecule has 2 aromatic carbocycles. The van der Waals surface area contributed by atoms with Crippen LogP contribution in [0.4, 0.5) is 0 Å². The van der Waals surface area contributed by atoms with Crippen LogP contribution in [0.1, 0.15) is 54.3 Å². The summed E-state index contributed by atoms with van der Waals surface area (Å²) >= 11 is 0. The quantitative estimate of drug-likeness (QED) is 0.208. The van der Waals surface area contributed by atoms with Crippen molar-refractivity contribution >= 4 is 23.6 Å². The van der Waals surface area contributed by atoms with Crippen LogP contribution in [0.2, 0.25) is 0 Å². The Morgan fingerprint density at radius 2 is 0.977 bits per heavy atom. The standard InChI is InChI=1S/C12H8N2O2.C8H6N2O2.C6H12O3.C4H6N2/c15-11-9-5-1-2-6-10(9)12(16)14(11)13-7-3-4-8-13;9-10-7(11)5-3-1-2-4-6(5)8(10)12;1-7-5-3-4-6(8-2)9-5;5-6-3-1-2-4-6/h1-8H;1-4H,9H2;5-6H,3-4H2,1-2H3;1-4H,5H2. The van der Waals surface area contributed by atoms with Gasteiger partial charge in [-0.3, -0.25) is 28.5 Å². The summed E-state index contributed by atoms with van der Waals surface area (Å²) in [6.07, 6.45) is 8.68. The topological polar surface area (TPSA) is 164 Å². The number of nitrogens with zero attached hydrogens (tertiary/aromatic N) is 4. The number of rotatable bonds is 3. The fraction of sp³-hybridized carbons (Fsp3) is 0.200. The number of amides is 4. The maximum absolute atomic E-state index is 12.0. The number of fused-ring (bicyclic) bond motifs is 2. The number of ether oxygens (including phenoxy) is 3. The minimum atomic E-state index is -0.435. The summed E-state index contributed by atoms with van der Waals surface area (Å²) in [6, 6.07) is 20.7. The minimum absolute atomic E-state index is 0.0463. The van der Waals surface area contributed by atoms with Gasteiger partial charge in [0.1, 0.15) is 0 Å². The van der Waals surface area contributed by atoms with Crippen molar-refractivity contribution in [3.63, 3.8) is 0 Å². The molecule has 13 heteroatoms. The predicted molar refractivity (Wildman–Crippen MR) is 155 cm³/mol. The van der Waals surface area contributed by atoms with Crippen LogP contribution in [-0.2, 0) is 14.2 Å². The molecule has 0 radical (unpaired) electrons. The molecule has 43 heavy (non-hydrogen) atoms. The summed E-state index contributed by atoms with van der Waals surface area (Å²) in [4.78, 5) is 46.4. The summed E-state index contributed by atoms with van der Waals surface area (Å²) in [5, 5.41) is 1.76. The zero-order valence-corrected chi connectivity index (χ0v) is 23.6. The zero-order valence-electron chi connectivity index (χ0n) is 23.6. The molecule has 2 aromatic heterocycles. The second kappa shape index (κ2) is 14.2. The first-order valence-electron chi connectivity index (χ1n) is 13.2. The van der Waals surface area contributed by atoms with Gasteiger partial charge in [0, 0.05) is 51.8 Å². The summed E-state index contributed by atoms with van der Waals surface area (Å²) < 4.78 is 18.1. The molecule has 0 spiro atoms. The van der Waals surface area contributed by atoms with E-state index in [9.17, 15) is 19.2 Å². The van der Waals surface area contributed by atoms with Crippen LogP contribution in [0.3, 0.4) is 0 Å². The van der Waals surface area contributed by atoms with Crippen molar-refractivity contribution < 1.29 is 33.4 Å². The minimum Gasteiger partial charge on any atom is -0.356 e. The monoisotopic (exact) mass is 588 g/mol. The lowest BCUT2D eigenvalue weighted by molar-refractivity contribution is -0.185. The van der Waals surface area contributed by atoms with E-state index in [-0.39, 0.29) is 24.4 Å². The molecule has 0 saturated carbocycles. The molecule has 1 fully saturated rings. The van der Waals surface area contributed by atoms with Crippen molar-refractivity contribution in [2.45, 2.75) is 25.4 Å². The molecule has 13 nitrogen and oxygen atoms in total. The molecule has 2 atom stereocenters. The first-order valence-corrected chi connectivity index (χ1v) is 13.2. The SMILES string of the molecule is COC1CCC(OC)O1.NN1C(=O)c2ccccc2C1=O.Nn1cccc1.O=C1c2ccccc2C(=O)N1n1cccc1. The van der Waals surface area contributed by atoms with Gasteiger partial charge in [0.25, 0.3) is 23.6 Å². The Kier molecular flexibility index (Phi) is 10.2.